The lowest BCUT2D eigenvalue weighted by molar-refractivity contribution is 0.209. The molecule has 0 aliphatic carbocycles. The van der Waals surface area contributed by atoms with Crippen LogP contribution in [0.15, 0.2) is 6.33 Å². The van der Waals surface area contributed by atoms with Crippen LogP contribution in [0.5, 0.6) is 0 Å². The summed E-state index contributed by atoms with van der Waals surface area (Å²) in [5.41, 5.74) is 0. The summed E-state index contributed by atoms with van der Waals surface area (Å²) in [5, 5.41) is 2.33. The van der Waals surface area contributed by atoms with Crippen molar-refractivity contribution in [1.29, 1.82) is 0 Å². The molecule has 1 aromatic rings. The predicted octanol–water partition coefficient (Wildman–Crippen LogP) is -0.458. The highest BCUT2D eigenvalue weighted by molar-refractivity contribution is 7.63. The molecule has 0 aliphatic rings. The number of aromatic nitrogens is 3. The normalized spacial score (nSPS) is 9.86. The molecule has 0 unspecified atom stereocenters. The molecule has 1 heterocycles. The van der Waals surface area contributed by atoms with Gasteiger partial charge < -0.3 is 4.90 Å². The lowest BCUT2D eigenvalue weighted by atomic mass is 10.6. The summed E-state index contributed by atoms with van der Waals surface area (Å²) in [4.78, 5) is 16.3. The topological polar surface area (TPSA) is 88.1 Å². The predicted molar refractivity (Wildman–Crippen MR) is 47.8 cm³/mol. The summed E-state index contributed by atoms with van der Waals surface area (Å²) in [7, 11) is -0.847. The van der Waals surface area contributed by atoms with Crippen LogP contribution in [0.3, 0.4) is 0 Å². The number of hydrogen-bond acceptors (Lipinski definition) is 4. The number of aromatic amines is 1. The van der Waals surface area contributed by atoms with E-state index >= 15 is 0 Å². The number of hydrogen-bond donors (Lipinski definition) is 1. The summed E-state index contributed by atoms with van der Waals surface area (Å²) < 4.78 is 21.6. The minimum Gasteiger partial charge on any atom is -0.326 e. The van der Waals surface area contributed by atoms with Crippen molar-refractivity contribution >= 4 is 16.3 Å². The van der Waals surface area contributed by atoms with Crippen LogP contribution >= 0.6 is 0 Å². The second-order valence-electron chi connectivity index (χ2n) is 2.56. The van der Waals surface area contributed by atoms with Crippen molar-refractivity contribution in [3.63, 3.8) is 0 Å². The number of amides is 1. The van der Waals surface area contributed by atoms with Gasteiger partial charge in [-0.3, -0.25) is 5.10 Å². The number of nitrogens with one attached hydrogen (secondary N) is 1. The first kappa shape index (κ1) is 10.5. The van der Waals surface area contributed by atoms with Gasteiger partial charge in [0, 0.05) is 13.6 Å². The van der Waals surface area contributed by atoms with Gasteiger partial charge in [-0.05, 0) is 6.92 Å². The Morgan fingerprint density at radius 3 is 2.79 bits per heavy atom. The van der Waals surface area contributed by atoms with Crippen molar-refractivity contribution in [2.45, 2.75) is 6.92 Å². The molecule has 0 radical (unpaired) electrons. The maximum atomic E-state index is 11.4. The first-order chi connectivity index (χ1) is 6.56. The molecule has 0 saturated carbocycles. The fraction of sp³-hybridized carbons (Fsp3) is 0.500. The van der Waals surface area contributed by atoms with E-state index in [9.17, 15) is 13.2 Å². The van der Waals surface area contributed by atoms with Crippen molar-refractivity contribution in [1.82, 2.24) is 19.7 Å². The molecule has 1 aromatic heterocycles. The van der Waals surface area contributed by atoms with Gasteiger partial charge in [0.15, 0.2) is 0 Å². The van der Waals surface area contributed by atoms with E-state index < -0.39 is 10.3 Å². The van der Waals surface area contributed by atoms with E-state index in [1.54, 1.807) is 7.05 Å². The third kappa shape index (κ3) is 2.02. The van der Waals surface area contributed by atoms with Gasteiger partial charge in [0.05, 0.1) is 0 Å². The Morgan fingerprint density at radius 2 is 2.36 bits per heavy atom. The van der Waals surface area contributed by atoms with Crippen LogP contribution in [0.25, 0.3) is 0 Å². The van der Waals surface area contributed by atoms with Crippen molar-refractivity contribution in [2.24, 2.45) is 0 Å². The lowest BCUT2D eigenvalue weighted by Crippen LogP contribution is -2.31. The Hall–Kier alpha value is -1.57. The second kappa shape index (κ2) is 4.09. The zero-order valence-corrected chi connectivity index (χ0v) is 8.58. The van der Waals surface area contributed by atoms with Gasteiger partial charge in [0.25, 0.3) is 15.1 Å². The number of H-pyrrole nitrogens is 1. The SMILES string of the molecule is CCN(C)C(=O)n1cnc(=S(=O)=O)[nH]1. The van der Waals surface area contributed by atoms with Crippen LogP contribution in [-0.2, 0) is 10.3 Å². The van der Waals surface area contributed by atoms with Crippen LogP contribution in [0.2, 0.25) is 0 Å². The van der Waals surface area contributed by atoms with Crippen molar-refractivity contribution < 1.29 is 13.2 Å². The third-order valence-electron chi connectivity index (χ3n) is 1.67. The van der Waals surface area contributed by atoms with E-state index in [0.29, 0.717) is 6.54 Å². The third-order valence-corrected chi connectivity index (χ3v) is 2.18. The van der Waals surface area contributed by atoms with E-state index in [4.69, 9.17) is 0 Å². The van der Waals surface area contributed by atoms with Gasteiger partial charge in [-0.2, -0.15) is 13.1 Å². The lowest BCUT2D eigenvalue weighted by Gasteiger charge is -2.13. The Bertz CT molecular complexity index is 489. The van der Waals surface area contributed by atoms with Crippen LogP contribution in [0.1, 0.15) is 6.92 Å². The van der Waals surface area contributed by atoms with E-state index in [2.05, 4.69) is 10.1 Å². The minimum atomic E-state index is -2.45. The largest absolute Gasteiger partial charge is 0.344 e. The zero-order chi connectivity index (χ0) is 10.7. The maximum absolute atomic E-state index is 11.4. The molecule has 78 valence electrons. The van der Waals surface area contributed by atoms with E-state index in [1.807, 2.05) is 6.92 Å². The molecular weight excluding hydrogens is 208 g/mol. The molecule has 14 heavy (non-hydrogen) atoms. The summed E-state index contributed by atoms with van der Waals surface area (Å²) in [6, 6.07) is -0.364. The highest BCUT2D eigenvalue weighted by Crippen LogP contribution is 1.89. The molecule has 0 fully saturated rings. The standard InChI is InChI=1S/C6H10N4O3S/c1-3-9(2)6(11)10-4-7-5(8-10)14(12)13/h4,8H,3H2,1-2H3. The fourth-order valence-corrected chi connectivity index (χ4v) is 1.07. The van der Waals surface area contributed by atoms with Gasteiger partial charge >= 0.3 is 6.03 Å². The van der Waals surface area contributed by atoms with Crippen LogP contribution < -0.4 is 0 Å². The molecule has 0 saturated heterocycles. The molecule has 0 atom stereocenters. The van der Waals surface area contributed by atoms with E-state index in [0.717, 1.165) is 11.0 Å². The Kier molecular flexibility index (Phi) is 3.07. The molecule has 0 aromatic carbocycles. The number of rotatable bonds is 1. The minimum absolute atomic E-state index is 0.261. The molecule has 0 aliphatic heterocycles. The summed E-state index contributed by atoms with van der Waals surface area (Å²) in [6.45, 7) is 2.34. The van der Waals surface area contributed by atoms with E-state index in [-0.39, 0.29) is 10.8 Å². The van der Waals surface area contributed by atoms with Crippen LogP contribution in [-0.4, -0.2) is 47.7 Å². The van der Waals surface area contributed by atoms with Gasteiger partial charge in [0.2, 0.25) is 0 Å². The van der Waals surface area contributed by atoms with Crippen molar-refractivity contribution in [3.05, 3.63) is 11.1 Å². The smallest absolute Gasteiger partial charge is 0.326 e. The van der Waals surface area contributed by atoms with Gasteiger partial charge in [-0.15, -0.1) is 0 Å². The molecule has 8 heteroatoms. The van der Waals surface area contributed by atoms with E-state index in [1.165, 1.54) is 4.90 Å². The van der Waals surface area contributed by atoms with Crippen molar-refractivity contribution in [3.8, 4) is 0 Å². The fourth-order valence-electron chi connectivity index (χ4n) is 0.768. The Balaban J connectivity index is 3.11. The first-order valence-electron chi connectivity index (χ1n) is 3.87. The molecular formula is C6H10N4O3S. The zero-order valence-electron chi connectivity index (χ0n) is 7.76. The molecule has 7 nitrogen and oxygen atoms in total. The summed E-state index contributed by atoms with van der Waals surface area (Å²) >= 11 is 0. The molecule has 1 amide bonds. The summed E-state index contributed by atoms with van der Waals surface area (Å²) in [6.07, 6.45) is 1.12. The average molecular weight is 218 g/mol. The Morgan fingerprint density at radius 1 is 1.71 bits per heavy atom. The summed E-state index contributed by atoms with van der Waals surface area (Å²) in [5.74, 6) is 0. The molecule has 1 rings (SSSR count). The number of nitrogens with zero attached hydrogens (tertiary/aromatic N) is 3. The first-order valence-corrected chi connectivity index (χ1v) is 4.95. The maximum Gasteiger partial charge on any atom is 0.344 e. The Labute approximate surface area is 81.5 Å². The number of carbonyl (C=O) groups is 1. The number of carbonyl (C=O) groups excluding carboxylic acids is 1. The van der Waals surface area contributed by atoms with Gasteiger partial charge in [-0.25, -0.2) is 9.78 Å². The van der Waals surface area contributed by atoms with Crippen LogP contribution in [0.4, 0.5) is 4.79 Å². The molecule has 0 bridgehead atoms. The highest BCUT2D eigenvalue weighted by atomic mass is 32.2. The quantitative estimate of drug-likeness (QED) is 0.646. The monoisotopic (exact) mass is 218 g/mol. The highest BCUT2D eigenvalue weighted by Gasteiger charge is 2.08. The molecule has 0 spiro atoms. The van der Waals surface area contributed by atoms with Gasteiger partial charge in [0.1, 0.15) is 6.33 Å². The average Bonchev–Trinajstić information content (AvgIpc) is 2.64. The molecule has 1 N–H and O–H groups in total. The van der Waals surface area contributed by atoms with Crippen LogP contribution in [0, 0.1) is 4.77 Å². The van der Waals surface area contributed by atoms with Gasteiger partial charge in [-0.1, -0.05) is 0 Å². The van der Waals surface area contributed by atoms with Crippen molar-refractivity contribution in [2.75, 3.05) is 13.6 Å². The second-order valence-corrected chi connectivity index (χ2v) is 3.42.